The largest absolute Gasteiger partial charge is 0.299 e. The van der Waals surface area contributed by atoms with Gasteiger partial charge in [0, 0.05) is 24.3 Å². The summed E-state index contributed by atoms with van der Waals surface area (Å²) in [6.45, 7) is 22.0. The van der Waals surface area contributed by atoms with Crippen LogP contribution < -0.4 is 0 Å². The summed E-state index contributed by atoms with van der Waals surface area (Å²) in [5.41, 5.74) is 1.89. The third-order valence-electron chi connectivity index (χ3n) is 6.90. The van der Waals surface area contributed by atoms with Gasteiger partial charge in [-0.25, -0.2) is 0 Å². The van der Waals surface area contributed by atoms with Crippen LogP contribution in [0.5, 0.6) is 0 Å². The van der Waals surface area contributed by atoms with Crippen LogP contribution in [0.4, 0.5) is 0 Å². The molecule has 30 heavy (non-hydrogen) atoms. The Labute approximate surface area is 185 Å². The van der Waals surface area contributed by atoms with Crippen LogP contribution in [0.15, 0.2) is 10.2 Å². The molecular formula is C25H46N4O. The Balaban J connectivity index is 2.07. The molecule has 0 atom stereocenters. The zero-order valence-corrected chi connectivity index (χ0v) is 21.4. The lowest BCUT2D eigenvalue weighted by Crippen LogP contribution is -2.56. The molecule has 0 N–H and O–H groups in total. The lowest BCUT2D eigenvalue weighted by atomic mass is 9.82. The number of Topliss-reactive ketones (excluding diaryl/α,β-unsaturated/α-hetero) is 1. The van der Waals surface area contributed by atoms with E-state index >= 15 is 0 Å². The van der Waals surface area contributed by atoms with Gasteiger partial charge in [-0.15, -0.1) is 0 Å². The molecule has 2 heterocycles. The van der Waals surface area contributed by atoms with Crippen molar-refractivity contribution in [2.75, 3.05) is 0 Å². The number of carbonyl (C=O) groups excluding carboxylic acids is 1. The van der Waals surface area contributed by atoms with E-state index in [0.717, 1.165) is 37.1 Å². The molecular weight excluding hydrogens is 372 g/mol. The van der Waals surface area contributed by atoms with Crippen molar-refractivity contribution in [3.63, 3.8) is 0 Å². The van der Waals surface area contributed by atoms with Crippen molar-refractivity contribution >= 4 is 17.2 Å². The molecule has 2 saturated heterocycles. The van der Waals surface area contributed by atoms with Gasteiger partial charge in [0.2, 0.25) is 0 Å². The quantitative estimate of drug-likeness (QED) is 0.484. The van der Waals surface area contributed by atoms with Gasteiger partial charge in [0.25, 0.3) is 0 Å². The number of rotatable bonds is 6. The number of ketones is 1. The minimum absolute atomic E-state index is 0.0227. The maximum absolute atomic E-state index is 12.8. The second kappa shape index (κ2) is 8.63. The minimum Gasteiger partial charge on any atom is -0.299 e. The van der Waals surface area contributed by atoms with Gasteiger partial charge in [-0.2, -0.15) is 10.2 Å². The van der Waals surface area contributed by atoms with E-state index in [1.807, 2.05) is 13.8 Å². The molecule has 0 radical (unpaired) electrons. The highest BCUT2D eigenvalue weighted by atomic mass is 16.1. The SMILES string of the molecule is CC(CC(=O)CC(C)=NN1C(C)(C)CCCC1(C)C)=NN1C(C)(C)CCCC1(C)C. The number of hydrogen-bond donors (Lipinski definition) is 0. The van der Waals surface area contributed by atoms with Gasteiger partial charge in [0.05, 0.1) is 22.2 Å². The summed E-state index contributed by atoms with van der Waals surface area (Å²) in [7, 11) is 0. The fourth-order valence-corrected chi connectivity index (χ4v) is 5.56. The van der Waals surface area contributed by atoms with E-state index in [1.54, 1.807) is 0 Å². The van der Waals surface area contributed by atoms with E-state index in [0.29, 0.717) is 12.8 Å². The second-order valence-electron chi connectivity index (χ2n) is 12.1. The molecule has 0 aromatic carbocycles. The first kappa shape index (κ1) is 24.9. The molecule has 0 aliphatic carbocycles. The molecule has 5 nitrogen and oxygen atoms in total. The number of piperidine rings is 2. The van der Waals surface area contributed by atoms with Gasteiger partial charge in [0.15, 0.2) is 0 Å². The predicted molar refractivity (Wildman–Crippen MR) is 128 cm³/mol. The average molecular weight is 419 g/mol. The van der Waals surface area contributed by atoms with Crippen LogP contribution in [0, 0.1) is 0 Å². The molecule has 0 amide bonds. The Morgan fingerprint density at radius 3 is 1.17 bits per heavy atom. The van der Waals surface area contributed by atoms with Gasteiger partial charge in [-0.1, -0.05) is 0 Å². The highest BCUT2D eigenvalue weighted by Crippen LogP contribution is 2.39. The first-order valence-corrected chi connectivity index (χ1v) is 11.8. The van der Waals surface area contributed by atoms with E-state index in [1.165, 1.54) is 12.8 Å². The van der Waals surface area contributed by atoms with Crippen molar-refractivity contribution in [1.82, 2.24) is 10.0 Å². The van der Waals surface area contributed by atoms with Crippen LogP contribution in [0.25, 0.3) is 0 Å². The topological polar surface area (TPSA) is 48.3 Å². The molecule has 2 aliphatic heterocycles. The number of nitrogens with zero attached hydrogens (tertiary/aromatic N) is 4. The molecule has 2 rings (SSSR count). The Bertz CT molecular complexity index is 610. The smallest absolute Gasteiger partial charge is 0.144 e. The zero-order chi connectivity index (χ0) is 23.0. The Morgan fingerprint density at radius 2 is 0.900 bits per heavy atom. The monoisotopic (exact) mass is 418 g/mol. The molecule has 2 fully saturated rings. The lowest BCUT2D eigenvalue weighted by Gasteiger charge is -2.51. The molecule has 5 heteroatoms. The Morgan fingerprint density at radius 1 is 0.633 bits per heavy atom. The average Bonchev–Trinajstić information content (AvgIpc) is 2.54. The minimum atomic E-state index is 0.0227. The molecule has 0 saturated carbocycles. The predicted octanol–water partition coefficient (Wildman–Crippen LogP) is 6.17. The molecule has 0 aromatic rings. The Kier molecular flexibility index (Phi) is 7.15. The zero-order valence-electron chi connectivity index (χ0n) is 21.4. The van der Waals surface area contributed by atoms with E-state index in [-0.39, 0.29) is 27.9 Å². The summed E-state index contributed by atoms with van der Waals surface area (Å²) in [6, 6.07) is 0. The number of carbonyl (C=O) groups is 1. The van der Waals surface area contributed by atoms with Crippen LogP contribution in [-0.2, 0) is 4.79 Å². The van der Waals surface area contributed by atoms with E-state index in [4.69, 9.17) is 10.2 Å². The molecule has 172 valence electrons. The lowest BCUT2D eigenvalue weighted by molar-refractivity contribution is -0.116. The third-order valence-corrected chi connectivity index (χ3v) is 6.90. The standard InChI is InChI=1S/C25H46N4O/c1-19(26-28-22(3,4)13-11-14-23(28,5)6)17-21(30)18-20(2)27-29-24(7,8)15-12-16-25(29,9)10/h11-18H2,1-10H3. The fourth-order valence-electron chi connectivity index (χ4n) is 5.56. The summed E-state index contributed by atoms with van der Waals surface area (Å²) in [4.78, 5) is 12.8. The summed E-state index contributed by atoms with van der Waals surface area (Å²) < 4.78 is 0. The fraction of sp³-hybridized carbons (Fsp3) is 0.880. The van der Waals surface area contributed by atoms with Gasteiger partial charge in [-0.05, 0) is 108 Å². The van der Waals surface area contributed by atoms with Crippen molar-refractivity contribution in [2.45, 2.75) is 143 Å². The molecule has 2 aliphatic rings. The van der Waals surface area contributed by atoms with Crippen molar-refractivity contribution < 1.29 is 4.79 Å². The van der Waals surface area contributed by atoms with Crippen LogP contribution in [0.1, 0.15) is 121 Å². The van der Waals surface area contributed by atoms with Gasteiger partial charge < -0.3 is 0 Å². The molecule has 0 unspecified atom stereocenters. The van der Waals surface area contributed by atoms with Gasteiger partial charge >= 0.3 is 0 Å². The number of hydrogen-bond acceptors (Lipinski definition) is 5. The van der Waals surface area contributed by atoms with Crippen LogP contribution in [0.2, 0.25) is 0 Å². The summed E-state index contributed by atoms with van der Waals surface area (Å²) in [6.07, 6.45) is 7.77. The van der Waals surface area contributed by atoms with Gasteiger partial charge in [0.1, 0.15) is 5.78 Å². The van der Waals surface area contributed by atoms with E-state index < -0.39 is 0 Å². The maximum atomic E-state index is 12.8. The normalized spacial score (nSPS) is 25.9. The van der Waals surface area contributed by atoms with Crippen molar-refractivity contribution in [1.29, 1.82) is 0 Å². The molecule has 0 spiro atoms. The van der Waals surface area contributed by atoms with Crippen molar-refractivity contribution in [2.24, 2.45) is 10.2 Å². The van der Waals surface area contributed by atoms with E-state index in [2.05, 4.69) is 65.4 Å². The van der Waals surface area contributed by atoms with Gasteiger partial charge in [-0.3, -0.25) is 14.8 Å². The van der Waals surface area contributed by atoms with Crippen molar-refractivity contribution in [3.05, 3.63) is 0 Å². The number of hydrazone groups is 2. The summed E-state index contributed by atoms with van der Waals surface area (Å²) in [5, 5.41) is 14.3. The van der Waals surface area contributed by atoms with Crippen molar-refractivity contribution in [3.8, 4) is 0 Å². The van der Waals surface area contributed by atoms with Crippen LogP contribution >= 0.6 is 0 Å². The van der Waals surface area contributed by atoms with Crippen LogP contribution in [-0.4, -0.2) is 49.4 Å². The first-order valence-electron chi connectivity index (χ1n) is 11.8. The summed E-state index contributed by atoms with van der Waals surface area (Å²) in [5.74, 6) is 0.192. The van der Waals surface area contributed by atoms with E-state index in [9.17, 15) is 4.79 Å². The maximum Gasteiger partial charge on any atom is 0.144 e. The first-order chi connectivity index (χ1) is 13.6. The second-order valence-corrected chi connectivity index (χ2v) is 12.1. The summed E-state index contributed by atoms with van der Waals surface area (Å²) >= 11 is 0. The highest BCUT2D eigenvalue weighted by molar-refractivity contribution is 6.08. The molecule has 0 bridgehead atoms. The Hall–Kier alpha value is -1.39. The van der Waals surface area contributed by atoms with Crippen LogP contribution in [0.3, 0.4) is 0 Å². The highest BCUT2D eigenvalue weighted by Gasteiger charge is 2.42. The third kappa shape index (κ3) is 5.85. The molecule has 0 aromatic heterocycles.